The number of quaternary nitrogens is 2. The monoisotopic (exact) mass is 216 g/mol. The molecule has 0 spiro atoms. The molecule has 2 fully saturated rings. The number of rotatable bonds is 2. The molecule has 0 aromatic rings. The molecule has 2 aliphatic rings. The second-order valence-electron chi connectivity index (χ2n) is 4.46. The lowest BCUT2D eigenvalue weighted by atomic mass is 10.0. The molecule has 15 heavy (non-hydrogen) atoms. The molecule has 0 amide bonds. The van der Waals surface area contributed by atoms with E-state index in [0.717, 1.165) is 25.9 Å². The summed E-state index contributed by atoms with van der Waals surface area (Å²) < 4.78 is 0. The summed E-state index contributed by atoms with van der Waals surface area (Å²) >= 11 is 0. The van der Waals surface area contributed by atoms with Crippen LogP contribution in [0, 0.1) is 10.1 Å². The molecule has 6 nitrogen and oxygen atoms in total. The standard InChI is InChI=1S/C9H18N4O2/c14-13(15)8-1-2-9(11-7-8)12-5-3-10-4-6-12/h8-11H,1-7H2/p+2. The minimum atomic E-state index is -0.322. The highest BCUT2D eigenvalue weighted by Crippen LogP contribution is 2.09. The fourth-order valence-corrected chi connectivity index (χ4v) is 2.54. The van der Waals surface area contributed by atoms with Gasteiger partial charge in [-0.1, -0.05) is 0 Å². The number of hydrogen-bond donors (Lipinski definition) is 2. The summed E-state index contributed by atoms with van der Waals surface area (Å²) in [5.41, 5.74) is 0. The van der Waals surface area contributed by atoms with Gasteiger partial charge in [0.05, 0.1) is 26.2 Å². The molecule has 4 N–H and O–H groups in total. The predicted molar refractivity (Wildman–Crippen MR) is 53.8 cm³/mol. The topological polar surface area (TPSA) is 79.6 Å². The molecule has 0 aromatic heterocycles. The van der Waals surface area contributed by atoms with Crippen LogP contribution in [0.1, 0.15) is 12.8 Å². The molecule has 0 saturated carbocycles. The van der Waals surface area contributed by atoms with Gasteiger partial charge in [0.2, 0.25) is 0 Å². The number of hydrogen-bond acceptors (Lipinski definition) is 3. The normalized spacial score (nSPS) is 33.9. The van der Waals surface area contributed by atoms with Gasteiger partial charge in [-0.15, -0.1) is 0 Å². The lowest BCUT2D eigenvalue weighted by Gasteiger charge is -2.33. The summed E-state index contributed by atoms with van der Waals surface area (Å²) in [6, 6.07) is -0.322. The van der Waals surface area contributed by atoms with Gasteiger partial charge in [0.15, 0.2) is 0 Å². The molecule has 86 valence electrons. The van der Waals surface area contributed by atoms with Gasteiger partial charge >= 0.3 is 0 Å². The Labute approximate surface area is 89.2 Å². The van der Waals surface area contributed by atoms with Crippen LogP contribution >= 0.6 is 0 Å². The second kappa shape index (κ2) is 4.87. The van der Waals surface area contributed by atoms with Gasteiger partial charge < -0.3 is 10.6 Å². The Morgan fingerprint density at radius 1 is 1.27 bits per heavy atom. The average Bonchev–Trinajstić information content (AvgIpc) is 2.30. The molecule has 2 aliphatic heterocycles. The first-order valence-corrected chi connectivity index (χ1v) is 5.80. The van der Waals surface area contributed by atoms with Gasteiger partial charge in [-0.3, -0.25) is 10.1 Å². The molecule has 2 unspecified atom stereocenters. The van der Waals surface area contributed by atoms with E-state index in [1.54, 1.807) is 0 Å². The van der Waals surface area contributed by atoms with Gasteiger partial charge in [-0.25, -0.2) is 4.90 Å². The number of piperazine rings is 1. The van der Waals surface area contributed by atoms with Crippen molar-refractivity contribution in [1.29, 1.82) is 0 Å². The van der Waals surface area contributed by atoms with E-state index in [-0.39, 0.29) is 11.0 Å². The van der Waals surface area contributed by atoms with Crippen molar-refractivity contribution in [2.45, 2.75) is 25.0 Å². The fourth-order valence-electron chi connectivity index (χ4n) is 2.54. The van der Waals surface area contributed by atoms with E-state index in [1.165, 1.54) is 13.1 Å². The molecule has 0 aliphatic carbocycles. The quantitative estimate of drug-likeness (QED) is 0.386. The highest BCUT2D eigenvalue weighted by molar-refractivity contribution is 4.69. The maximum absolute atomic E-state index is 10.6. The largest absolute Gasteiger partial charge is 0.344 e. The van der Waals surface area contributed by atoms with Crippen molar-refractivity contribution >= 4 is 0 Å². The Bertz CT molecular complexity index is 222. The van der Waals surface area contributed by atoms with Crippen LogP contribution in [0.15, 0.2) is 0 Å². The van der Waals surface area contributed by atoms with E-state index in [1.807, 2.05) is 0 Å². The smallest absolute Gasteiger partial charge is 0.261 e. The van der Waals surface area contributed by atoms with Gasteiger partial charge in [-0.2, -0.15) is 0 Å². The second-order valence-corrected chi connectivity index (χ2v) is 4.46. The van der Waals surface area contributed by atoms with Gasteiger partial charge in [0.1, 0.15) is 12.7 Å². The number of piperidine rings is 1. The van der Waals surface area contributed by atoms with Crippen LogP contribution < -0.4 is 10.6 Å². The summed E-state index contributed by atoms with van der Waals surface area (Å²) in [6.07, 6.45) is 2.20. The summed E-state index contributed by atoms with van der Waals surface area (Å²) in [5.74, 6) is 0. The molecule has 2 rings (SSSR count). The number of nitrogens with zero attached hydrogens (tertiary/aromatic N) is 2. The van der Waals surface area contributed by atoms with Crippen molar-refractivity contribution in [1.82, 2.24) is 4.90 Å². The Kier molecular flexibility index (Phi) is 3.50. The molecule has 2 saturated heterocycles. The SMILES string of the molecule is O=[N+]([O-])C1CCC(N2CC[NH2+]CC2)[NH2+]C1. The van der Waals surface area contributed by atoms with E-state index in [2.05, 4.69) is 15.5 Å². The van der Waals surface area contributed by atoms with Gasteiger partial charge in [0, 0.05) is 17.8 Å². The van der Waals surface area contributed by atoms with Crippen LogP contribution in [0.3, 0.4) is 0 Å². The Hall–Kier alpha value is -0.720. The lowest BCUT2D eigenvalue weighted by molar-refractivity contribution is -0.754. The maximum atomic E-state index is 10.6. The van der Waals surface area contributed by atoms with E-state index in [9.17, 15) is 10.1 Å². The van der Waals surface area contributed by atoms with Crippen molar-refractivity contribution in [3.63, 3.8) is 0 Å². The summed E-state index contributed by atoms with van der Waals surface area (Å²) in [4.78, 5) is 12.9. The van der Waals surface area contributed by atoms with Crippen molar-refractivity contribution in [3.8, 4) is 0 Å². The zero-order valence-electron chi connectivity index (χ0n) is 8.97. The van der Waals surface area contributed by atoms with Crippen molar-refractivity contribution in [2.75, 3.05) is 32.7 Å². The summed E-state index contributed by atoms with van der Waals surface area (Å²) in [7, 11) is 0. The first-order chi connectivity index (χ1) is 7.27. The third-order valence-corrected chi connectivity index (χ3v) is 3.48. The molecule has 0 radical (unpaired) electrons. The molecular weight excluding hydrogens is 196 g/mol. The first kappa shape index (κ1) is 10.8. The van der Waals surface area contributed by atoms with Crippen LogP contribution in [0.4, 0.5) is 0 Å². The van der Waals surface area contributed by atoms with E-state index in [4.69, 9.17) is 0 Å². The Morgan fingerprint density at radius 2 is 2.00 bits per heavy atom. The average molecular weight is 216 g/mol. The van der Waals surface area contributed by atoms with Crippen LogP contribution in [-0.2, 0) is 0 Å². The van der Waals surface area contributed by atoms with Crippen molar-refractivity contribution in [3.05, 3.63) is 10.1 Å². The predicted octanol–water partition coefficient (Wildman–Crippen LogP) is -2.81. The zero-order valence-corrected chi connectivity index (χ0v) is 8.97. The molecule has 6 heteroatoms. The molecule has 2 heterocycles. The molecule has 0 aromatic carbocycles. The Morgan fingerprint density at radius 3 is 2.53 bits per heavy atom. The highest BCUT2D eigenvalue weighted by atomic mass is 16.6. The fraction of sp³-hybridized carbons (Fsp3) is 1.00. The van der Waals surface area contributed by atoms with Crippen molar-refractivity contribution in [2.24, 2.45) is 0 Å². The summed E-state index contributed by atoms with van der Waals surface area (Å²) in [6.45, 7) is 5.25. The molecule has 2 atom stereocenters. The Balaban J connectivity index is 1.79. The third kappa shape index (κ3) is 2.64. The molecular formula is C9H20N4O2+2. The third-order valence-electron chi connectivity index (χ3n) is 3.48. The minimum absolute atomic E-state index is 0.128. The number of nitrogens with two attached hydrogens (primary N) is 2. The summed E-state index contributed by atoms with van der Waals surface area (Å²) in [5, 5.41) is 15.1. The lowest BCUT2D eigenvalue weighted by Crippen LogP contribution is -2.99. The van der Waals surface area contributed by atoms with Gasteiger partial charge in [-0.05, 0) is 0 Å². The van der Waals surface area contributed by atoms with Crippen LogP contribution in [0.5, 0.6) is 0 Å². The first-order valence-electron chi connectivity index (χ1n) is 5.80. The van der Waals surface area contributed by atoms with Crippen LogP contribution in [0.2, 0.25) is 0 Å². The van der Waals surface area contributed by atoms with E-state index < -0.39 is 0 Å². The number of nitro groups is 1. The maximum Gasteiger partial charge on any atom is 0.261 e. The zero-order chi connectivity index (χ0) is 10.7. The molecule has 0 bridgehead atoms. The van der Waals surface area contributed by atoms with Crippen molar-refractivity contribution < 1.29 is 15.6 Å². The van der Waals surface area contributed by atoms with E-state index >= 15 is 0 Å². The highest BCUT2D eigenvalue weighted by Gasteiger charge is 2.34. The van der Waals surface area contributed by atoms with Gasteiger partial charge in [0.25, 0.3) is 6.04 Å². The minimum Gasteiger partial charge on any atom is -0.344 e. The van der Waals surface area contributed by atoms with E-state index in [0.29, 0.717) is 12.7 Å². The van der Waals surface area contributed by atoms with Crippen LogP contribution in [-0.4, -0.2) is 54.8 Å². The van der Waals surface area contributed by atoms with Crippen LogP contribution in [0.25, 0.3) is 0 Å².